The number of hydrogen-bond acceptors (Lipinski definition) is 6. The summed E-state index contributed by atoms with van der Waals surface area (Å²) < 4.78 is 11.9. The fourth-order valence-electron chi connectivity index (χ4n) is 3.55. The van der Waals surface area contributed by atoms with Crippen LogP contribution < -0.4 is 4.90 Å². The Morgan fingerprint density at radius 1 is 1.28 bits per heavy atom. The molecule has 8 heteroatoms. The molecule has 4 rings (SSSR count). The number of anilines is 1. The van der Waals surface area contributed by atoms with Gasteiger partial charge in [-0.05, 0) is 38.5 Å². The molecule has 0 atom stereocenters. The van der Waals surface area contributed by atoms with Crippen LogP contribution in [0, 0.1) is 20.8 Å². The molecule has 0 aliphatic carbocycles. The highest BCUT2D eigenvalue weighted by molar-refractivity contribution is 7.23. The number of aromatic nitrogens is 1. The van der Waals surface area contributed by atoms with E-state index in [0.717, 1.165) is 54.4 Å². The summed E-state index contributed by atoms with van der Waals surface area (Å²) in [6, 6.07) is 5.63. The van der Waals surface area contributed by atoms with E-state index in [0.29, 0.717) is 28.0 Å². The minimum Gasteiger partial charge on any atom is -0.466 e. The molecule has 154 valence electrons. The van der Waals surface area contributed by atoms with Gasteiger partial charge < -0.3 is 9.15 Å². The summed E-state index contributed by atoms with van der Waals surface area (Å²) in [5, 5.41) is 1.32. The van der Waals surface area contributed by atoms with Gasteiger partial charge in [-0.25, -0.2) is 4.98 Å². The Hall–Kier alpha value is -1.93. The number of halogens is 1. The van der Waals surface area contributed by atoms with E-state index in [2.05, 4.69) is 4.90 Å². The third-order valence-electron chi connectivity index (χ3n) is 5.18. The Balaban J connectivity index is 1.69. The van der Waals surface area contributed by atoms with Gasteiger partial charge in [-0.2, -0.15) is 0 Å². The first kappa shape index (κ1) is 20.3. The van der Waals surface area contributed by atoms with Gasteiger partial charge in [0.05, 0.1) is 34.0 Å². The van der Waals surface area contributed by atoms with Crippen LogP contribution in [0.2, 0.25) is 5.02 Å². The van der Waals surface area contributed by atoms with E-state index < -0.39 is 0 Å². The third kappa shape index (κ3) is 4.19. The highest BCUT2D eigenvalue weighted by atomic mass is 35.5. The van der Waals surface area contributed by atoms with Gasteiger partial charge >= 0.3 is 0 Å². The van der Waals surface area contributed by atoms with E-state index in [4.69, 9.17) is 25.7 Å². The molecule has 3 aromatic rings. The number of hydrogen-bond donors (Lipinski definition) is 0. The van der Waals surface area contributed by atoms with Crippen molar-refractivity contribution in [1.29, 1.82) is 0 Å². The lowest BCUT2D eigenvalue weighted by Gasteiger charge is -2.29. The van der Waals surface area contributed by atoms with Gasteiger partial charge in [0.15, 0.2) is 5.13 Å². The Morgan fingerprint density at radius 3 is 2.69 bits per heavy atom. The monoisotopic (exact) mass is 433 g/mol. The molecule has 3 heterocycles. The van der Waals surface area contributed by atoms with E-state index in [9.17, 15) is 4.79 Å². The number of benzene rings is 1. The lowest BCUT2D eigenvalue weighted by Crippen LogP contribution is -2.43. The van der Waals surface area contributed by atoms with E-state index in [1.165, 1.54) is 11.3 Å². The molecule has 1 aliphatic heterocycles. The van der Waals surface area contributed by atoms with Crippen LogP contribution in [0.3, 0.4) is 0 Å². The molecule has 0 unspecified atom stereocenters. The van der Waals surface area contributed by atoms with Crippen molar-refractivity contribution in [1.82, 2.24) is 9.88 Å². The molecule has 1 amide bonds. The van der Waals surface area contributed by atoms with Crippen LogP contribution in [0.15, 0.2) is 22.6 Å². The molecule has 0 radical (unpaired) electrons. The molecule has 1 aliphatic rings. The number of furan rings is 1. The highest BCUT2D eigenvalue weighted by Crippen LogP contribution is 2.36. The van der Waals surface area contributed by atoms with Crippen molar-refractivity contribution in [2.75, 3.05) is 44.3 Å². The van der Waals surface area contributed by atoms with Gasteiger partial charge in [0.25, 0.3) is 5.91 Å². The summed E-state index contributed by atoms with van der Waals surface area (Å²) in [7, 11) is 0. The number of carbonyl (C=O) groups excluding carboxylic acids is 1. The van der Waals surface area contributed by atoms with Crippen molar-refractivity contribution >= 4 is 44.2 Å². The number of morpholine rings is 1. The number of nitrogens with zero attached hydrogens (tertiary/aromatic N) is 3. The highest BCUT2D eigenvalue weighted by Gasteiger charge is 2.26. The second kappa shape index (κ2) is 8.44. The van der Waals surface area contributed by atoms with E-state index in [-0.39, 0.29) is 5.91 Å². The molecule has 0 bridgehead atoms. The fourth-order valence-corrected chi connectivity index (χ4v) is 4.89. The van der Waals surface area contributed by atoms with Crippen LogP contribution in [-0.4, -0.2) is 55.2 Å². The zero-order valence-electron chi connectivity index (χ0n) is 16.8. The van der Waals surface area contributed by atoms with E-state index in [1.54, 1.807) is 11.0 Å². The summed E-state index contributed by atoms with van der Waals surface area (Å²) in [5.41, 5.74) is 2.47. The molecule has 29 heavy (non-hydrogen) atoms. The summed E-state index contributed by atoms with van der Waals surface area (Å²) in [6.07, 6.45) is 0. The van der Waals surface area contributed by atoms with Crippen molar-refractivity contribution in [2.24, 2.45) is 0 Å². The quantitative estimate of drug-likeness (QED) is 0.595. The SMILES string of the molecule is Cc1cc(C(=O)N(CCN2CCOCC2)c2nc3c(C)ccc(Cl)c3s2)c(C)o1. The van der Waals surface area contributed by atoms with Crippen molar-refractivity contribution in [2.45, 2.75) is 20.8 Å². The smallest absolute Gasteiger partial charge is 0.263 e. The summed E-state index contributed by atoms with van der Waals surface area (Å²) >= 11 is 7.86. The minimum absolute atomic E-state index is 0.0968. The summed E-state index contributed by atoms with van der Waals surface area (Å²) in [4.78, 5) is 22.3. The first-order valence-corrected chi connectivity index (χ1v) is 10.9. The Morgan fingerprint density at radius 2 is 2.03 bits per heavy atom. The van der Waals surface area contributed by atoms with Gasteiger partial charge in [0.2, 0.25) is 0 Å². The molecule has 0 N–H and O–H groups in total. The summed E-state index contributed by atoms with van der Waals surface area (Å²) in [5.74, 6) is 1.25. The predicted molar refractivity (Wildman–Crippen MR) is 116 cm³/mol. The van der Waals surface area contributed by atoms with Crippen LogP contribution in [-0.2, 0) is 4.74 Å². The number of rotatable bonds is 5. The van der Waals surface area contributed by atoms with E-state index in [1.807, 2.05) is 32.9 Å². The first-order chi connectivity index (χ1) is 13.9. The number of ether oxygens (including phenoxy) is 1. The number of amides is 1. The molecule has 0 spiro atoms. The molecule has 0 saturated carbocycles. The van der Waals surface area contributed by atoms with Gasteiger partial charge in [-0.15, -0.1) is 0 Å². The van der Waals surface area contributed by atoms with Crippen molar-refractivity contribution in [3.63, 3.8) is 0 Å². The molecule has 6 nitrogen and oxygen atoms in total. The predicted octanol–water partition coefficient (Wildman–Crippen LogP) is 4.45. The average molecular weight is 434 g/mol. The topological polar surface area (TPSA) is 58.8 Å². The van der Waals surface area contributed by atoms with Crippen LogP contribution in [0.4, 0.5) is 5.13 Å². The zero-order valence-corrected chi connectivity index (χ0v) is 18.4. The minimum atomic E-state index is -0.0968. The van der Waals surface area contributed by atoms with Gasteiger partial charge in [0, 0.05) is 26.2 Å². The standard InChI is InChI=1S/C21H24ClN3O3S/c1-13-4-5-17(22)19-18(13)23-21(29-19)25(7-6-24-8-10-27-11-9-24)20(26)16-12-14(2)28-15(16)3/h4-5,12H,6-11H2,1-3H3. The maximum Gasteiger partial charge on any atom is 0.263 e. The van der Waals surface area contributed by atoms with E-state index >= 15 is 0 Å². The van der Waals surface area contributed by atoms with Crippen LogP contribution >= 0.6 is 22.9 Å². The lowest BCUT2D eigenvalue weighted by atomic mass is 10.2. The maximum atomic E-state index is 13.5. The second-order valence-corrected chi connectivity index (χ2v) is 8.66. The largest absolute Gasteiger partial charge is 0.466 e. The number of carbonyl (C=O) groups is 1. The molecule has 1 saturated heterocycles. The Bertz CT molecular complexity index is 1000. The lowest BCUT2D eigenvalue weighted by molar-refractivity contribution is 0.0391. The maximum absolute atomic E-state index is 13.5. The first-order valence-electron chi connectivity index (χ1n) is 9.68. The van der Waals surface area contributed by atoms with Gasteiger partial charge in [-0.3, -0.25) is 14.6 Å². The van der Waals surface area contributed by atoms with Crippen molar-refractivity contribution in [3.8, 4) is 0 Å². The third-order valence-corrected chi connectivity index (χ3v) is 6.72. The number of fused-ring (bicyclic) bond motifs is 1. The van der Waals surface area contributed by atoms with Crippen LogP contribution in [0.5, 0.6) is 0 Å². The molecule has 2 aromatic heterocycles. The van der Waals surface area contributed by atoms with Gasteiger partial charge in [0.1, 0.15) is 11.5 Å². The van der Waals surface area contributed by atoms with Crippen molar-refractivity contribution < 1.29 is 13.9 Å². The second-order valence-electron chi connectivity index (χ2n) is 7.28. The molecule has 1 fully saturated rings. The fraction of sp³-hybridized carbons (Fsp3) is 0.429. The van der Waals surface area contributed by atoms with Gasteiger partial charge in [-0.1, -0.05) is 29.0 Å². The Kier molecular flexibility index (Phi) is 5.92. The van der Waals surface area contributed by atoms with Crippen LogP contribution in [0.25, 0.3) is 10.2 Å². The van der Waals surface area contributed by atoms with Crippen LogP contribution in [0.1, 0.15) is 27.4 Å². The number of aryl methyl sites for hydroxylation is 3. The van der Waals surface area contributed by atoms with Crippen molar-refractivity contribution in [3.05, 3.63) is 45.9 Å². The summed E-state index contributed by atoms with van der Waals surface area (Å²) in [6.45, 7) is 10.2. The average Bonchev–Trinajstić information content (AvgIpc) is 3.30. The zero-order chi connectivity index (χ0) is 20.5. The molecular weight excluding hydrogens is 410 g/mol. The molecular formula is C21H24ClN3O3S. The normalized spacial score (nSPS) is 15.2. The number of thiazole rings is 1. The Labute approximate surface area is 179 Å². The molecule has 1 aromatic carbocycles.